The Hall–Kier alpha value is -1.80. The maximum Gasteiger partial charge on any atom is 0.230 e. The molecular weight excluding hydrogens is 382 g/mol. The van der Waals surface area contributed by atoms with Gasteiger partial charge in [-0.15, -0.1) is 23.7 Å². The van der Waals surface area contributed by atoms with E-state index in [-0.39, 0.29) is 12.4 Å². The lowest BCUT2D eigenvalue weighted by atomic mass is 9.96. The first-order valence-corrected chi connectivity index (χ1v) is 9.85. The molecule has 2 aromatic heterocycles. The van der Waals surface area contributed by atoms with Gasteiger partial charge in [0.1, 0.15) is 0 Å². The lowest BCUT2D eigenvalue weighted by Gasteiger charge is -2.29. The van der Waals surface area contributed by atoms with Crippen molar-refractivity contribution in [2.24, 2.45) is 5.73 Å². The highest BCUT2D eigenvalue weighted by atomic mass is 35.5. The standard InChI is InChI=1S/C19H23N5OS.ClH/c1-13-21-17(12-26-13)11-24-8-6-16(7-9-24)19-22-18(23-25-19)15-4-2-14(10-20)3-5-15;/h2-5,12,16H,6-11,20H2,1H3;1H. The molecular formula is C19H24ClN5OS. The van der Waals surface area contributed by atoms with Crippen LogP contribution in [-0.4, -0.2) is 33.1 Å². The Morgan fingerprint density at radius 3 is 2.56 bits per heavy atom. The molecule has 0 atom stereocenters. The van der Waals surface area contributed by atoms with Gasteiger partial charge >= 0.3 is 0 Å². The Labute approximate surface area is 169 Å². The van der Waals surface area contributed by atoms with Crippen LogP contribution in [0.5, 0.6) is 0 Å². The van der Waals surface area contributed by atoms with Gasteiger partial charge in [0.25, 0.3) is 0 Å². The predicted octanol–water partition coefficient (Wildman–Crippen LogP) is 3.76. The molecule has 27 heavy (non-hydrogen) atoms. The zero-order valence-electron chi connectivity index (χ0n) is 15.3. The molecule has 1 aliphatic rings. The molecule has 0 radical (unpaired) electrons. The molecule has 3 aromatic rings. The maximum absolute atomic E-state index is 5.64. The van der Waals surface area contributed by atoms with E-state index in [1.54, 1.807) is 11.3 Å². The molecule has 0 aliphatic carbocycles. The Balaban J connectivity index is 0.00000210. The second-order valence-electron chi connectivity index (χ2n) is 6.77. The zero-order chi connectivity index (χ0) is 17.9. The number of likely N-dealkylation sites (tertiary alicyclic amines) is 1. The van der Waals surface area contributed by atoms with Crippen molar-refractivity contribution in [2.45, 2.75) is 38.8 Å². The van der Waals surface area contributed by atoms with Gasteiger partial charge in [-0.05, 0) is 38.4 Å². The van der Waals surface area contributed by atoms with Crippen LogP contribution < -0.4 is 5.73 Å². The van der Waals surface area contributed by atoms with Crippen molar-refractivity contribution in [3.63, 3.8) is 0 Å². The van der Waals surface area contributed by atoms with Crippen LogP contribution in [-0.2, 0) is 13.1 Å². The third-order valence-corrected chi connectivity index (χ3v) is 5.70. The molecule has 4 rings (SSSR count). The molecule has 0 bridgehead atoms. The fourth-order valence-corrected chi connectivity index (χ4v) is 3.96. The van der Waals surface area contributed by atoms with E-state index in [0.717, 1.165) is 54.5 Å². The fourth-order valence-electron chi connectivity index (χ4n) is 3.36. The van der Waals surface area contributed by atoms with E-state index >= 15 is 0 Å². The molecule has 1 fully saturated rings. The first-order valence-electron chi connectivity index (χ1n) is 8.97. The van der Waals surface area contributed by atoms with Crippen molar-refractivity contribution in [1.82, 2.24) is 20.0 Å². The minimum Gasteiger partial charge on any atom is -0.339 e. The van der Waals surface area contributed by atoms with E-state index < -0.39 is 0 Å². The van der Waals surface area contributed by atoms with Crippen molar-refractivity contribution in [3.8, 4) is 11.4 Å². The summed E-state index contributed by atoms with van der Waals surface area (Å²) in [5, 5.41) is 7.45. The Morgan fingerprint density at radius 2 is 1.93 bits per heavy atom. The average molecular weight is 406 g/mol. The highest BCUT2D eigenvalue weighted by Gasteiger charge is 2.25. The lowest BCUT2D eigenvalue weighted by molar-refractivity contribution is 0.186. The zero-order valence-corrected chi connectivity index (χ0v) is 16.9. The molecule has 0 unspecified atom stereocenters. The normalized spacial score (nSPS) is 15.6. The van der Waals surface area contributed by atoms with Gasteiger partial charge in [0.15, 0.2) is 0 Å². The smallest absolute Gasteiger partial charge is 0.230 e. The summed E-state index contributed by atoms with van der Waals surface area (Å²) in [5.41, 5.74) is 8.88. The number of hydrogen-bond donors (Lipinski definition) is 1. The van der Waals surface area contributed by atoms with Gasteiger partial charge in [-0.1, -0.05) is 29.4 Å². The summed E-state index contributed by atoms with van der Waals surface area (Å²) in [6, 6.07) is 8.00. The van der Waals surface area contributed by atoms with Crippen LogP contribution in [0.4, 0.5) is 0 Å². The first kappa shape index (κ1) is 19.9. The quantitative estimate of drug-likeness (QED) is 0.696. The second-order valence-corrected chi connectivity index (χ2v) is 7.83. The number of halogens is 1. The molecule has 3 heterocycles. The van der Waals surface area contributed by atoms with Crippen LogP contribution in [0.3, 0.4) is 0 Å². The van der Waals surface area contributed by atoms with Crippen molar-refractivity contribution in [1.29, 1.82) is 0 Å². The van der Waals surface area contributed by atoms with Crippen molar-refractivity contribution in [2.75, 3.05) is 13.1 Å². The summed E-state index contributed by atoms with van der Waals surface area (Å²) in [4.78, 5) is 11.6. The van der Waals surface area contributed by atoms with Gasteiger partial charge in [-0.2, -0.15) is 4.98 Å². The lowest BCUT2D eigenvalue weighted by Crippen LogP contribution is -2.32. The SMILES string of the molecule is Cc1nc(CN2CCC(c3nc(-c4ccc(CN)cc4)no3)CC2)cs1.Cl. The molecule has 1 aliphatic heterocycles. The number of piperidine rings is 1. The van der Waals surface area contributed by atoms with Crippen LogP contribution in [0, 0.1) is 6.92 Å². The number of aromatic nitrogens is 3. The van der Waals surface area contributed by atoms with Gasteiger partial charge in [-0.25, -0.2) is 4.98 Å². The molecule has 0 spiro atoms. The van der Waals surface area contributed by atoms with Crippen LogP contribution in [0.15, 0.2) is 34.2 Å². The number of nitrogens with zero attached hydrogens (tertiary/aromatic N) is 4. The minimum atomic E-state index is 0. The minimum absolute atomic E-state index is 0. The van der Waals surface area contributed by atoms with E-state index in [2.05, 4.69) is 32.3 Å². The number of thiazole rings is 1. The molecule has 6 nitrogen and oxygen atoms in total. The van der Waals surface area contributed by atoms with Gasteiger partial charge < -0.3 is 10.3 Å². The predicted molar refractivity (Wildman–Crippen MR) is 109 cm³/mol. The van der Waals surface area contributed by atoms with Crippen molar-refractivity contribution in [3.05, 3.63) is 51.8 Å². The summed E-state index contributed by atoms with van der Waals surface area (Å²) >= 11 is 1.72. The van der Waals surface area contributed by atoms with Gasteiger partial charge in [0, 0.05) is 30.0 Å². The fraction of sp³-hybridized carbons (Fsp3) is 0.421. The molecule has 2 N–H and O–H groups in total. The topological polar surface area (TPSA) is 81.1 Å². The number of nitrogens with two attached hydrogens (primary N) is 1. The van der Waals surface area contributed by atoms with E-state index in [1.807, 2.05) is 24.3 Å². The van der Waals surface area contributed by atoms with Crippen LogP contribution in [0.25, 0.3) is 11.4 Å². The van der Waals surface area contributed by atoms with Crippen LogP contribution in [0.1, 0.15) is 40.9 Å². The molecule has 144 valence electrons. The molecule has 1 aromatic carbocycles. The number of benzene rings is 1. The monoisotopic (exact) mass is 405 g/mol. The van der Waals surface area contributed by atoms with Gasteiger partial charge in [0.05, 0.1) is 10.7 Å². The largest absolute Gasteiger partial charge is 0.339 e. The van der Waals surface area contributed by atoms with Crippen molar-refractivity contribution < 1.29 is 4.52 Å². The average Bonchev–Trinajstić information content (AvgIpc) is 3.32. The summed E-state index contributed by atoms with van der Waals surface area (Å²) in [6.45, 7) is 5.59. The van der Waals surface area contributed by atoms with E-state index in [0.29, 0.717) is 18.3 Å². The summed E-state index contributed by atoms with van der Waals surface area (Å²) in [7, 11) is 0. The van der Waals surface area contributed by atoms with Gasteiger partial charge in [-0.3, -0.25) is 4.90 Å². The number of aryl methyl sites for hydroxylation is 1. The molecule has 0 saturated carbocycles. The Morgan fingerprint density at radius 1 is 1.19 bits per heavy atom. The Bertz CT molecular complexity index is 855. The van der Waals surface area contributed by atoms with Gasteiger partial charge in [0.2, 0.25) is 11.7 Å². The summed E-state index contributed by atoms with van der Waals surface area (Å²) in [6.07, 6.45) is 2.08. The van der Waals surface area contributed by atoms with Crippen LogP contribution in [0.2, 0.25) is 0 Å². The van der Waals surface area contributed by atoms with E-state index in [9.17, 15) is 0 Å². The summed E-state index contributed by atoms with van der Waals surface area (Å²) in [5.74, 6) is 1.75. The highest BCUT2D eigenvalue weighted by molar-refractivity contribution is 7.09. The van der Waals surface area contributed by atoms with E-state index in [4.69, 9.17) is 10.3 Å². The van der Waals surface area contributed by atoms with Crippen LogP contribution >= 0.6 is 23.7 Å². The number of hydrogen-bond acceptors (Lipinski definition) is 7. The molecule has 1 saturated heterocycles. The van der Waals surface area contributed by atoms with Crippen molar-refractivity contribution >= 4 is 23.7 Å². The molecule has 0 amide bonds. The Kier molecular flexibility index (Phi) is 6.59. The second kappa shape index (κ2) is 8.93. The number of rotatable bonds is 5. The first-order chi connectivity index (χ1) is 12.7. The highest BCUT2D eigenvalue weighted by Crippen LogP contribution is 2.29. The summed E-state index contributed by atoms with van der Waals surface area (Å²) < 4.78 is 5.56. The third-order valence-electron chi connectivity index (χ3n) is 4.88. The van der Waals surface area contributed by atoms with E-state index in [1.165, 1.54) is 5.69 Å². The maximum atomic E-state index is 5.64. The third kappa shape index (κ3) is 4.73. The molecule has 8 heteroatoms.